The molecule has 1 aliphatic heterocycles. The van der Waals surface area contributed by atoms with E-state index in [1.807, 2.05) is 0 Å². The van der Waals surface area contributed by atoms with E-state index < -0.39 is 18.5 Å². The third-order valence-electron chi connectivity index (χ3n) is 3.99. The number of benzene rings is 2. The molecule has 0 aromatic heterocycles. The highest BCUT2D eigenvalue weighted by atomic mass is 16.5. The van der Waals surface area contributed by atoms with Crippen molar-refractivity contribution in [2.45, 2.75) is 6.61 Å². The summed E-state index contributed by atoms with van der Waals surface area (Å²) in [5.41, 5.74) is 1.53. The highest BCUT2D eigenvalue weighted by molar-refractivity contribution is 6.14. The van der Waals surface area contributed by atoms with Crippen LogP contribution in [0.4, 0.5) is 22.7 Å². The van der Waals surface area contributed by atoms with Gasteiger partial charge in [0.05, 0.1) is 36.3 Å². The quantitative estimate of drug-likeness (QED) is 0.665. The number of carboxylic acids is 1. The van der Waals surface area contributed by atoms with Crippen molar-refractivity contribution < 1.29 is 29.6 Å². The van der Waals surface area contributed by atoms with Crippen molar-refractivity contribution in [3.8, 4) is 5.75 Å². The van der Waals surface area contributed by atoms with Gasteiger partial charge in [0, 0.05) is 5.56 Å². The molecule has 130 valence electrons. The maximum atomic E-state index is 12.4. The van der Waals surface area contributed by atoms with Crippen molar-refractivity contribution in [3.05, 3.63) is 41.5 Å². The molecule has 1 aliphatic rings. The summed E-state index contributed by atoms with van der Waals surface area (Å²) < 4.78 is 5.30. The minimum atomic E-state index is -1.17. The number of aromatic carboxylic acids is 1. The number of methoxy groups -OCH3 is 1. The second kappa shape index (κ2) is 6.42. The lowest BCUT2D eigenvalue weighted by Crippen LogP contribution is -2.33. The summed E-state index contributed by atoms with van der Waals surface area (Å²) in [5.74, 6) is -1.45. The Labute approximate surface area is 142 Å². The molecule has 4 N–H and O–H groups in total. The van der Waals surface area contributed by atoms with Crippen molar-refractivity contribution in [1.29, 1.82) is 0 Å². The van der Waals surface area contributed by atoms with E-state index in [0.717, 1.165) is 0 Å². The Morgan fingerprint density at radius 3 is 2.52 bits per heavy atom. The number of aliphatic hydroxyl groups excluding tert-OH is 2. The third-order valence-corrected chi connectivity index (χ3v) is 3.99. The zero-order valence-electron chi connectivity index (χ0n) is 13.3. The van der Waals surface area contributed by atoms with Crippen LogP contribution in [0.2, 0.25) is 0 Å². The van der Waals surface area contributed by atoms with Gasteiger partial charge in [-0.05, 0) is 18.2 Å². The molecule has 25 heavy (non-hydrogen) atoms. The number of aliphatic hydroxyl groups is 2. The largest absolute Gasteiger partial charge is 0.494 e. The lowest BCUT2D eigenvalue weighted by molar-refractivity contribution is -0.120. The molecule has 1 heterocycles. The number of carbonyl (C=O) groups excluding carboxylic acids is 1. The van der Waals surface area contributed by atoms with Crippen LogP contribution in [0.15, 0.2) is 30.3 Å². The van der Waals surface area contributed by atoms with E-state index in [1.165, 1.54) is 24.1 Å². The van der Waals surface area contributed by atoms with Crippen LogP contribution in [-0.2, 0) is 11.4 Å². The fraction of sp³-hybridized carbons (Fsp3) is 0.176. The molecule has 0 radical (unpaired) electrons. The van der Waals surface area contributed by atoms with Gasteiger partial charge < -0.3 is 25.4 Å². The molecule has 0 saturated carbocycles. The lowest BCUT2D eigenvalue weighted by atomic mass is 10.0. The molecule has 0 aliphatic carbocycles. The van der Waals surface area contributed by atoms with Crippen molar-refractivity contribution in [1.82, 2.24) is 0 Å². The Kier molecular flexibility index (Phi) is 4.30. The molecule has 2 aromatic rings. The van der Waals surface area contributed by atoms with Gasteiger partial charge in [0.2, 0.25) is 0 Å². The molecule has 0 spiro atoms. The van der Waals surface area contributed by atoms with E-state index in [4.69, 9.17) is 4.74 Å². The number of hydrogen-bond donors (Lipinski definition) is 4. The Morgan fingerprint density at radius 1 is 1.16 bits per heavy atom. The summed E-state index contributed by atoms with van der Waals surface area (Å²) in [7, 11) is 1.44. The molecule has 0 atom stereocenters. The summed E-state index contributed by atoms with van der Waals surface area (Å²) in [4.78, 5) is 25.2. The highest BCUT2D eigenvalue weighted by Crippen LogP contribution is 2.50. The summed E-state index contributed by atoms with van der Waals surface area (Å²) in [6, 6.07) is 7.68. The molecular formula is C17H16N2O6. The number of rotatable bonds is 4. The van der Waals surface area contributed by atoms with Gasteiger partial charge in [-0.2, -0.15) is 0 Å². The normalized spacial score (nSPS) is 12.0. The van der Waals surface area contributed by atoms with Crippen molar-refractivity contribution in [2.75, 3.05) is 23.9 Å². The predicted molar refractivity (Wildman–Crippen MR) is 89.8 cm³/mol. The lowest BCUT2D eigenvalue weighted by Gasteiger charge is -2.34. The topological polar surface area (TPSA) is 119 Å². The highest BCUT2D eigenvalue weighted by Gasteiger charge is 2.33. The molecule has 0 saturated heterocycles. The van der Waals surface area contributed by atoms with E-state index in [1.54, 1.807) is 18.2 Å². The van der Waals surface area contributed by atoms with Gasteiger partial charge >= 0.3 is 5.97 Å². The Bertz CT molecular complexity index is 864. The van der Waals surface area contributed by atoms with Gasteiger partial charge in [0.15, 0.2) is 0 Å². The number of fused-ring (bicyclic) bond motifs is 2. The zero-order valence-corrected chi connectivity index (χ0v) is 13.3. The number of amides is 1. The molecule has 1 amide bonds. The number of anilines is 4. The Balaban J connectivity index is 2.35. The first-order chi connectivity index (χ1) is 12.0. The number of ether oxygens (including phenoxy) is 1. The Morgan fingerprint density at radius 2 is 1.92 bits per heavy atom. The SMILES string of the molecule is COc1ccc(CO)c2c1Nc1c(C(=O)O)cccc1N2C(=O)CO. The second-order valence-corrected chi connectivity index (χ2v) is 5.33. The third kappa shape index (κ3) is 2.57. The van der Waals surface area contributed by atoms with Crippen LogP contribution in [0.3, 0.4) is 0 Å². The molecule has 3 rings (SSSR count). The summed E-state index contributed by atoms with van der Waals surface area (Å²) in [6.07, 6.45) is 0. The van der Waals surface area contributed by atoms with E-state index in [2.05, 4.69) is 5.32 Å². The van der Waals surface area contributed by atoms with Crippen LogP contribution in [-0.4, -0.2) is 40.9 Å². The number of carbonyl (C=O) groups is 2. The number of carboxylic acid groups (broad SMARTS) is 1. The maximum Gasteiger partial charge on any atom is 0.337 e. The smallest absolute Gasteiger partial charge is 0.337 e. The van der Waals surface area contributed by atoms with Crippen LogP contribution in [0.5, 0.6) is 5.75 Å². The summed E-state index contributed by atoms with van der Waals surface area (Å²) in [6.45, 7) is -1.13. The summed E-state index contributed by atoms with van der Waals surface area (Å²) >= 11 is 0. The molecule has 2 aromatic carbocycles. The first kappa shape index (κ1) is 16.7. The fourth-order valence-electron chi connectivity index (χ4n) is 2.90. The number of nitrogens with zero attached hydrogens (tertiary/aromatic N) is 1. The molecule has 8 nitrogen and oxygen atoms in total. The van der Waals surface area contributed by atoms with Gasteiger partial charge in [-0.25, -0.2) is 4.79 Å². The maximum absolute atomic E-state index is 12.4. The van der Waals surface area contributed by atoms with Crippen LogP contribution in [0.1, 0.15) is 15.9 Å². The van der Waals surface area contributed by atoms with E-state index in [9.17, 15) is 24.9 Å². The minimum absolute atomic E-state index is 0.0321. The average Bonchev–Trinajstić information content (AvgIpc) is 2.63. The number of nitrogens with one attached hydrogen (secondary N) is 1. The molecular weight excluding hydrogens is 328 g/mol. The van der Waals surface area contributed by atoms with Crippen molar-refractivity contribution in [2.24, 2.45) is 0 Å². The van der Waals surface area contributed by atoms with E-state index in [0.29, 0.717) is 22.7 Å². The fourth-order valence-corrected chi connectivity index (χ4v) is 2.90. The van der Waals surface area contributed by atoms with Crippen LogP contribution < -0.4 is 15.0 Å². The molecule has 0 fully saturated rings. The van der Waals surface area contributed by atoms with Crippen molar-refractivity contribution >= 4 is 34.6 Å². The van der Waals surface area contributed by atoms with E-state index in [-0.39, 0.29) is 23.5 Å². The van der Waals surface area contributed by atoms with Crippen LogP contribution >= 0.6 is 0 Å². The van der Waals surface area contributed by atoms with Gasteiger partial charge in [-0.3, -0.25) is 9.69 Å². The van der Waals surface area contributed by atoms with Gasteiger partial charge in [0.25, 0.3) is 5.91 Å². The Hall–Kier alpha value is -3.10. The standard InChI is InChI=1S/C17H16N2O6/c1-25-12-6-5-9(7-20)16-15(12)18-14-10(17(23)24)3-2-4-11(14)19(16)13(22)8-21/h2-6,18,20-21H,7-8H2,1H3,(H,23,24). The summed E-state index contributed by atoms with van der Waals surface area (Å²) in [5, 5.41) is 31.5. The number of para-hydroxylation sites is 1. The first-order valence-corrected chi connectivity index (χ1v) is 7.41. The van der Waals surface area contributed by atoms with Gasteiger partial charge in [-0.1, -0.05) is 12.1 Å². The van der Waals surface area contributed by atoms with E-state index >= 15 is 0 Å². The zero-order chi connectivity index (χ0) is 18.1. The van der Waals surface area contributed by atoms with Gasteiger partial charge in [0.1, 0.15) is 18.0 Å². The molecule has 0 unspecified atom stereocenters. The first-order valence-electron chi connectivity index (χ1n) is 7.41. The second-order valence-electron chi connectivity index (χ2n) is 5.33. The van der Waals surface area contributed by atoms with Gasteiger partial charge in [-0.15, -0.1) is 0 Å². The predicted octanol–water partition coefficient (Wildman–Crippen LogP) is 1.60. The average molecular weight is 344 g/mol. The minimum Gasteiger partial charge on any atom is -0.494 e. The number of hydrogen-bond acceptors (Lipinski definition) is 6. The van der Waals surface area contributed by atoms with Crippen LogP contribution in [0, 0.1) is 0 Å². The monoisotopic (exact) mass is 344 g/mol. The molecule has 0 bridgehead atoms. The molecule has 8 heteroatoms. The van der Waals surface area contributed by atoms with Crippen LogP contribution in [0.25, 0.3) is 0 Å². The van der Waals surface area contributed by atoms with Crippen molar-refractivity contribution in [3.63, 3.8) is 0 Å².